The Morgan fingerprint density at radius 3 is 1.00 bits per heavy atom. The normalized spacial score (nSPS) is 4.71. The molecule has 0 saturated carbocycles. The fourth-order valence-corrected chi connectivity index (χ4v) is 0. The monoisotopic (exact) mass is 104 g/mol. The summed E-state index contributed by atoms with van der Waals surface area (Å²) >= 11 is 0. The van der Waals surface area contributed by atoms with Gasteiger partial charge in [-0.05, 0) is 0 Å². The predicted molar refractivity (Wildman–Crippen MR) is 18.8 cm³/mol. The van der Waals surface area contributed by atoms with Gasteiger partial charge < -0.3 is 16.5 Å². The molecule has 0 aromatic carbocycles. The molecule has 5 nitrogen and oxygen atoms in total. The Bertz CT molecular complexity index is 17.1. The van der Waals surface area contributed by atoms with Crippen LogP contribution in [0.1, 0.15) is 1.43 Å². The van der Waals surface area contributed by atoms with Crippen molar-refractivity contribution in [3.8, 4) is 0 Å². The fraction of sp³-hybridized carbons (Fsp3) is 0. The van der Waals surface area contributed by atoms with Crippen molar-refractivity contribution in [3.63, 3.8) is 0 Å². The number of rotatable bonds is 0. The minimum Gasteiger partial charge on any atom is -1.00 e. The Kier molecular flexibility index (Phi) is 36.0. The first-order valence-corrected chi connectivity index (χ1v) is 0.975. The molecule has 0 fully saturated rings. The second kappa shape index (κ2) is 16.1. The molecule has 0 heterocycles. The van der Waals surface area contributed by atoms with Crippen LogP contribution in [0.4, 0.5) is 0 Å². The quantitative estimate of drug-likeness (QED) is 0.120. The standard InChI is InChI=1S/BH3O3.Li.H2O2.H/c2-1(3)4;;1-2;/h2-4H;;1-2H;/q;+1;;-1. The predicted octanol–water partition coefficient (Wildman–Crippen LogP) is -4.92. The SMILES string of the molecule is OB(O)O.OO.[H-].[Li+]. The molecular weight excluding hydrogens is 97.7 g/mol. The van der Waals surface area contributed by atoms with Gasteiger partial charge in [-0.25, -0.2) is 0 Å². The maximum absolute atomic E-state index is 7.17. The van der Waals surface area contributed by atoms with Crippen LogP contribution in [0.2, 0.25) is 0 Å². The van der Waals surface area contributed by atoms with E-state index in [4.69, 9.17) is 25.6 Å². The average molecular weight is 104 g/mol. The van der Waals surface area contributed by atoms with Gasteiger partial charge in [0.1, 0.15) is 0 Å². The summed E-state index contributed by atoms with van der Waals surface area (Å²) in [5.74, 6) is 0. The molecule has 0 saturated heterocycles. The van der Waals surface area contributed by atoms with Crippen LogP contribution in [0.25, 0.3) is 0 Å². The molecule has 5 N–H and O–H groups in total. The molecule has 0 aliphatic heterocycles. The van der Waals surface area contributed by atoms with Gasteiger partial charge in [-0.1, -0.05) is 0 Å². The van der Waals surface area contributed by atoms with Crippen LogP contribution in [-0.2, 0) is 0 Å². The molecule has 0 atom stereocenters. The smallest absolute Gasteiger partial charge is 1.00 e. The van der Waals surface area contributed by atoms with Crippen LogP contribution in [0, 0.1) is 0 Å². The average Bonchev–Trinajstić information content (AvgIpc) is 1.41. The fourth-order valence-electron chi connectivity index (χ4n) is 0. The Balaban J connectivity index is -0.0000000183. The van der Waals surface area contributed by atoms with Gasteiger partial charge >= 0.3 is 26.2 Å². The van der Waals surface area contributed by atoms with E-state index in [1.54, 1.807) is 0 Å². The third-order valence-electron chi connectivity index (χ3n) is 0. The summed E-state index contributed by atoms with van der Waals surface area (Å²) in [6, 6.07) is 0. The van der Waals surface area contributed by atoms with Gasteiger partial charge in [0.05, 0.1) is 0 Å². The third kappa shape index (κ3) is 602. The molecule has 40 valence electrons. The van der Waals surface area contributed by atoms with Crippen molar-refractivity contribution < 1.29 is 45.9 Å². The molecule has 0 amide bonds. The van der Waals surface area contributed by atoms with Gasteiger partial charge in [-0.3, -0.25) is 10.5 Å². The molecule has 0 bridgehead atoms. The molecule has 0 spiro atoms. The first-order chi connectivity index (χ1) is 2.73. The second-order valence-corrected chi connectivity index (χ2v) is 0.346. The summed E-state index contributed by atoms with van der Waals surface area (Å²) in [7, 11) is -2.17. The summed E-state index contributed by atoms with van der Waals surface area (Å²) in [6.07, 6.45) is 0. The topological polar surface area (TPSA) is 101 Å². The summed E-state index contributed by atoms with van der Waals surface area (Å²) in [6.45, 7) is 0. The molecule has 0 unspecified atom stereocenters. The van der Waals surface area contributed by atoms with Crippen molar-refractivity contribution in [2.75, 3.05) is 0 Å². The Morgan fingerprint density at radius 1 is 1.00 bits per heavy atom. The van der Waals surface area contributed by atoms with Crippen LogP contribution in [0.3, 0.4) is 0 Å². The van der Waals surface area contributed by atoms with Gasteiger partial charge in [-0.15, -0.1) is 0 Å². The molecule has 0 aromatic heterocycles. The molecule has 0 radical (unpaired) electrons. The van der Waals surface area contributed by atoms with E-state index in [0.717, 1.165) is 0 Å². The largest absolute Gasteiger partial charge is 1.00 e. The molecule has 7 heavy (non-hydrogen) atoms. The van der Waals surface area contributed by atoms with Crippen molar-refractivity contribution in [2.45, 2.75) is 0 Å². The zero-order valence-electron chi connectivity index (χ0n) is 4.81. The minimum absolute atomic E-state index is 0. The van der Waals surface area contributed by atoms with E-state index in [2.05, 4.69) is 0 Å². The first kappa shape index (κ1) is 15.7. The zero-order valence-corrected chi connectivity index (χ0v) is 3.81. The molecule has 0 aliphatic carbocycles. The third-order valence-corrected chi connectivity index (χ3v) is 0. The van der Waals surface area contributed by atoms with E-state index in [9.17, 15) is 0 Å². The van der Waals surface area contributed by atoms with Crippen LogP contribution in [0.15, 0.2) is 0 Å². The van der Waals surface area contributed by atoms with E-state index in [0.29, 0.717) is 0 Å². The van der Waals surface area contributed by atoms with Gasteiger partial charge in [-0.2, -0.15) is 0 Å². The van der Waals surface area contributed by atoms with Crippen molar-refractivity contribution in [1.29, 1.82) is 0 Å². The van der Waals surface area contributed by atoms with E-state index >= 15 is 0 Å². The second-order valence-electron chi connectivity index (χ2n) is 0.346. The maximum atomic E-state index is 7.17. The van der Waals surface area contributed by atoms with Crippen LogP contribution in [-0.4, -0.2) is 32.9 Å². The summed E-state index contributed by atoms with van der Waals surface area (Å²) in [4.78, 5) is 0. The summed E-state index contributed by atoms with van der Waals surface area (Å²) in [5, 5.41) is 33.5. The zero-order chi connectivity index (χ0) is 5.58. The van der Waals surface area contributed by atoms with Gasteiger partial charge in [0.2, 0.25) is 0 Å². The van der Waals surface area contributed by atoms with Crippen molar-refractivity contribution in [3.05, 3.63) is 0 Å². The van der Waals surface area contributed by atoms with E-state index in [1.165, 1.54) is 0 Å². The molecule has 7 heteroatoms. The Labute approximate surface area is 54.0 Å². The number of hydrogen-bond acceptors (Lipinski definition) is 5. The van der Waals surface area contributed by atoms with Gasteiger partial charge in [0.25, 0.3) is 0 Å². The van der Waals surface area contributed by atoms with Crippen molar-refractivity contribution >= 4 is 7.32 Å². The molecule has 0 rings (SSSR count). The van der Waals surface area contributed by atoms with Crippen LogP contribution < -0.4 is 18.9 Å². The Morgan fingerprint density at radius 2 is 1.00 bits per heavy atom. The van der Waals surface area contributed by atoms with E-state index in [1.807, 2.05) is 0 Å². The number of hydrogen-bond donors (Lipinski definition) is 5. The summed E-state index contributed by atoms with van der Waals surface area (Å²) in [5.41, 5.74) is 0. The van der Waals surface area contributed by atoms with Gasteiger partial charge in [0, 0.05) is 0 Å². The van der Waals surface area contributed by atoms with E-state index < -0.39 is 7.32 Å². The van der Waals surface area contributed by atoms with Gasteiger partial charge in [0.15, 0.2) is 0 Å². The van der Waals surface area contributed by atoms with E-state index in [-0.39, 0.29) is 20.3 Å². The summed E-state index contributed by atoms with van der Waals surface area (Å²) < 4.78 is 0. The molecule has 0 aromatic rings. The van der Waals surface area contributed by atoms with Crippen LogP contribution in [0.5, 0.6) is 0 Å². The Hall–Kier alpha value is 0.462. The minimum atomic E-state index is -2.17. The molecular formula is H6BLiO5. The van der Waals surface area contributed by atoms with Crippen molar-refractivity contribution in [1.82, 2.24) is 0 Å². The first-order valence-electron chi connectivity index (χ1n) is 0.975. The van der Waals surface area contributed by atoms with Crippen LogP contribution >= 0.6 is 0 Å². The molecule has 0 aliphatic rings. The maximum Gasteiger partial charge on any atom is 1.00 e. The van der Waals surface area contributed by atoms with Crippen molar-refractivity contribution in [2.24, 2.45) is 0 Å².